The van der Waals surface area contributed by atoms with Crippen molar-refractivity contribution in [3.05, 3.63) is 60.3 Å². The Labute approximate surface area is 135 Å². The van der Waals surface area contributed by atoms with Crippen molar-refractivity contribution in [1.29, 1.82) is 0 Å². The molecule has 24 heavy (non-hydrogen) atoms. The van der Waals surface area contributed by atoms with E-state index in [1.54, 1.807) is 29.2 Å². The highest BCUT2D eigenvalue weighted by atomic mass is 19.1. The van der Waals surface area contributed by atoms with E-state index in [2.05, 4.69) is 25.5 Å². The Morgan fingerprint density at radius 1 is 1.00 bits per heavy atom. The molecule has 0 aliphatic heterocycles. The summed E-state index contributed by atoms with van der Waals surface area (Å²) >= 11 is 0. The van der Waals surface area contributed by atoms with Gasteiger partial charge in [-0.3, -0.25) is 4.98 Å². The fraction of sp³-hybridized carbons (Fsp3) is 0.0625. The van der Waals surface area contributed by atoms with Gasteiger partial charge in [-0.2, -0.15) is 0 Å². The lowest BCUT2D eigenvalue weighted by Crippen LogP contribution is -1.99. The lowest BCUT2D eigenvalue weighted by Gasteiger charge is -2.01. The van der Waals surface area contributed by atoms with Crippen LogP contribution in [0, 0.1) is 12.7 Å². The summed E-state index contributed by atoms with van der Waals surface area (Å²) in [6.07, 6.45) is 3.37. The molecule has 0 spiro atoms. The molecule has 0 fully saturated rings. The van der Waals surface area contributed by atoms with Crippen molar-refractivity contribution in [2.45, 2.75) is 6.92 Å². The monoisotopic (exact) mass is 322 g/mol. The van der Waals surface area contributed by atoms with Gasteiger partial charge in [-0.25, -0.2) is 9.07 Å². The summed E-state index contributed by atoms with van der Waals surface area (Å²) in [5.74, 6) is 0.219. The molecule has 0 saturated carbocycles. The van der Waals surface area contributed by atoms with E-state index in [0.717, 1.165) is 11.4 Å². The highest BCUT2D eigenvalue weighted by Gasteiger charge is 2.18. The van der Waals surface area contributed by atoms with Gasteiger partial charge in [0.05, 0.1) is 17.6 Å². The van der Waals surface area contributed by atoms with Crippen LogP contribution in [0.5, 0.6) is 0 Å². The molecular formula is C16H11FN6O. The van der Waals surface area contributed by atoms with Crippen molar-refractivity contribution in [2.24, 2.45) is 0 Å². The summed E-state index contributed by atoms with van der Waals surface area (Å²) in [7, 11) is 0. The third-order valence-electron chi connectivity index (χ3n) is 3.50. The van der Waals surface area contributed by atoms with Crippen molar-refractivity contribution < 1.29 is 8.81 Å². The average molecular weight is 322 g/mol. The highest BCUT2D eigenvalue weighted by molar-refractivity contribution is 5.57. The van der Waals surface area contributed by atoms with E-state index in [9.17, 15) is 4.39 Å². The first kappa shape index (κ1) is 14.2. The van der Waals surface area contributed by atoms with Gasteiger partial charge in [0.15, 0.2) is 5.69 Å². The Hall–Kier alpha value is -3.42. The Morgan fingerprint density at radius 3 is 2.54 bits per heavy atom. The first-order chi connectivity index (χ1) is 11.7. The summed E-state index contributed by atoms with van der Waals surface area (Å²) in [6, 6.07) is 9.51. The maximum Gasteiger partial charge on any atom is 0.270 e. The molecular weight excluding hydrogens is 311 g/mol. The van der Waals surface area contributed by atoms with Gasteiger partial charge < -0.3 is 4.42 Å². The minimum absolute atomic E-state index is 0.252. The van der Waals surface area contributed by atoms with Gasteiger partial charge in [0.1, 0.15) is 5.82 Å². The summed E-state index contributed by atoms with van der Waals surface area (Å²) < 4.78 is 20.3. The van der Waals surface area contributed by atoms with Gasteiger partial charge in [0, 0.05) is 11.8 Å². The normalized spacial score (nSPS) is 10.9. The van der Waals surface area contributed by atoms with Gasteiger partial charge in [-0.15, -0.1) is 15.3 Å². The van der Waals surface area contributed by atoms with Crippen LogP contribution in [0.3, 0.4) is 0 Å². The SMILES string of the molecule is Cc1c(-c2nnc(-c3ccc(F)cc3)o2)nnn1-c1cccnc1. The Bertz CT molecular complexity index is 977. The first-order valence-corrected chi connectivity index (χ1v) is 7.15. The second-order valence-electron chi connectivity index (χ2n) is 5.07. The maximum absolute atomic E-state index is 13.0. The van der Waals surface area contributed by atoms with Crippen molar-refractivity contribution in [1.82, 2.24) is 30.2 Å². The predicted molar refractivity (Wildman–Crippen MR) is 82.6 cm³/mol. The zero-order valence-electron chi connectivity index (χ0n) is 12.6. The van der Waals surface area contributed by atoms with E-state index in [1.165, 1.54) is 12.1 Å². The third kappa shape index (κ3) is 2.43. The minimum atomic E-state index is -0.325. The molecule has 0 amide bonds. The molecule has 3 aromatic heterocycles. The molecule has 0 N–H and O–H groups in total. The topological polar surface area (TPSA) is 82.5 Å². The zero-order valence-corrected chi connectivity index (χ0v) is 12.6. The Kier molecular flexibility index (Phi) is 3.34. The lowest BCUT2D eigenvalue weighted by atomic mass is 10.2. The largest absolute Gasteiger partial charge is 0.414 e. The fourth-order valence-electron chi connectivity index (χ4n) is 2.28. The van der Waals surface area contributed by atoms with Crippen molar-refractivity contribution in [2.75, 3.05) is 0 Å². The molecule has 3 heterocycles. The third-order valence-corrected chi connectivity index (χ3v) is 3.50. The van der Waals surface area contributed by atoms with E-state index in [1.807, 2.05) is 19.1 Å². The number of nitrogens with zero attached hydrogens (tertiary/aromatic N) is 6. The summed E-state index contributed by atoms with van der Waals surface area (Å²) in [4.78, 5) is 4.06. The van der Waals surface area contributed by atoms with Crippen LogP contribution in [0.15, 0.2) is 53.2 Å². The maximum atomic E-state index is 13.0. The molecule has 0 radical (unpaired) electrons. The number of aromatic nitrogens is 6. The van der Waals surface area contributed by atoms with E-state index in [-0.39, 0.29) is 11.7 Å². The highest BCUT2D eigenvalue weighted by Crippen LogP contribution is 2.25. The van der Waals surface area contributed by atoms with Crippen LogP contribution >= 0.6 is 0 Å². The van der Waals surface area contributed by atoms with Crippen LogP contribution in [-0.4, -0.2) is 30.2 Å². The van der Waals surface area contributed by atoms with Crippen LogP contribution in [0.25, 0.3) is 28.7 Å². The molecule has 0 unspecified atom stereocenters. The van der Waals surface area contributed by atoms with Crippen LogP contribution in [0.2, 0.25) is 0 Å². The molecule has 4 aromatic rings. The Morgan fingerprint density at radius 2 is 1.79 bits per heavy atom. The minimum Gasteiger partial charge on any atom is -0.414 e. The standard InChI is InChI=1S/C16H11FN6O/c1-10-14(19-22-23(10)13-3-2-8-18-9-13)16-21-20-15(24-16)11-4-6-12(17)7-5-11/h2-9H,1H3. The molecule has 118 valence electrons. The predicted octanol–water partition coefficient (Wildman–Crippen LogP) is 2.83. The molecule has 0 aliphatic rings. The molecule has 0 saturated heterocycles. The second kappa shape index (κ2) is 5.65. The number of halogens is 1. The summed E-state index contributed by atoms with van der Waals surface area (Å²) in [5, 5.41) is 16.2. The molecule has 4 rings (SSSR count). The van der Waals surface area contributed by atoms with Crippen molar-refractivity contribution >= 4 is 0 Å². The van der Waals surface area contributed by atoms with E-state index < -0.39 is 0 Å². The molecule has 7 nitrogen and oxygen atoms in total. The first-order valence-electron chi connectivity index (χ1n) is 7.15. The lowest BCUT2D eigenvalue weighted by molar-refractivity contribution is 0.581. The number of pyridine rings is 1. The van der Waals surface area contributed by atoms with Crippen LogP contribution in [0.4, 0.5) is 4.39 Å². The molecule has 0 bridgehead atoms. The van der Waals surface area contributed by atoms with E-state index in [4.69, 9.17) is 4.42 Å². The van der Waals surface area contributed by atoms with E-state index >= 15 is 0 Å². The van der Waals surface area contributed by atoms with Crippen LogP contribution in [0.1, 0.15) is 5.69 Å². The summed E-state index contributed by atoms with van der Waals surface area (Å²) in [5.41, 5.74) is 2.65. The van der Waals surface area contributed by atoms with Crippen molar-refractivity contribution in [3.8, 4) is 28.7 Å². The molecule has 0 atom stereocenters. The molecule has 8 heteroatoms. The molecule has 0 aliphatic carbocycles. The van der Waals surface area contributed by atoms with Gasteiger partial charge >= 0.3 is 0 Å². The zero-order chi connectivity index (χ0) is 16.5. The number of benzene rings is 1. The fourth-order valence-corrected chi connectivity index (χ4v) is 2.28. The average Bonchev–Trinajstić information content (AvgIpc) is 3.23. The molecule has 1 aromatic carbocycles. The number of hydrogen-bond donors (Lipinski definition) is 0. The van der Waals surface area contributed by atoms with Crippen LogP contribution in [-0.2, 0) is 0 Å². The van der Waals surface area contributed by atoms with Gasteiger partial charge in [0.2, 0.25) is 5.89 Å². The Balaban J connectivity index is 1.71. The van der Waals surface area contributed by atoms with Gasteiger partial charge in [0.25, 0.3) is 5.89 Å². The quantitative estimate of drug-likeness (QED) is 0.577. The smallest absolute Gasteiger partial charge is 0.270 e. The number of rotatable bonds is 3. The summed E-state index contributed by atoms with van der Waals surface area (Å²) in [6.45, 7) is 1.85. The van der Waals surface area contributed by atoms with E-state index in [0.29, 0.717) is 17.1 Å². The van der Waals surface area contributed by atoms with Crippen LogP contribution < -0.4 is 0 Å². The number of hydrogen-bond acceptors (Lipinski definition) is 6. The van der Waals surface area contributed by atoms with Gasteiger partial charge in [-0.05, 0) is 43.3 Å². The van der Waals surface area contributed by atoms with Gasteiger partial charge in [-0.1, -0.05) is 5.21 Å². The van der Waals surface area contributed by atoms with Crippen molar-refractivity contribution in [3.63, 3.8) is 0 Å². The second-order valence-corrected chi connectivity index (χ2v) is 5.07.